The van der Waals surface area contributed by atoms with Crippen molar-refractivity contribution in [2.75, 3.05) is 6.61 Å². The van der Waals surface area contributed by atoms with Crippen LogP contribution < -0.4 is 5.32 Å². The van der Waals surface area contributed by atoms with Gasteiger partial charge in [-0.2, -0.15) is 0 Å². The number of aliphatic hydroxyl groups excluding tert-OH is 3. The van der Waals surface area contributed by atoms with E-state index >= 15 is 0 Å². The summed E-state index contributed by atoms with van der Waals surface area (Å²) in [5.41, 5.74) is 0. The van der Waals surface area contributed by atoms with Gasteiger partial charge in [-0.25, -0.2) is 0 Å². The average Bonchev–Trinajstić information content (AvgIpc) is 2.46. The van der Waals surface area contributed by atoms with E-state index in [1.807, 2.05) is 6.92 Å². The SMILES string of the molecule is CCCC(=O)N[C@H]1C(O)O[C@H](CO)[C@@H](O)[C@@H]1OC(=O)CCC. The van der Waals surface area contributed by atoms with E-state index in [1.54, 1.807) is 6.92 Å². The van der Waals surface area contributed by atoms with Gasteiger partial charge < -0.3 is 30.1 Å². The molecule has 0 radical (unpaired) electrons. The van der Waals surface area contributed by atoms with Gasteiger partial charge in [0, 0.05) is 12.8 Å². The van der Waals surface area contributed by atoms with Crippen LogP contribution in [0.1, 0.15) is 39.5 Å². The maximum atomic E-state index is 11.7. The van der Waals surface area contributed by atoms with Crippen LogP contribution in [0, 0.1) is 0 Å². The number of amides is 1. The van der Waals surface area contributed by atoms with Crippen molar-refractivity contribution in [3.05, 3.63) is 0 Å². The minimum Gasteiger partial charge on any atom is -0.457 e. The van der Waals surface area contributed by atoms with Crippen LogP contribution in [0.5, 0.6) is 0 Å². The van der Waals surface area contributed by atoms with Gasteiger partial charge in [0.25, 0.3) is 0 Å². The molecule has 1 heterocycles. The molecule has 1 rings (SSSR count). The van der Waals surface area contributed by atoms with Crippen LogP contribution >= 0.6 is 0 Å². The highest BCUT2D eigenvalue weighted by Gasteiger charge is 2.47. The van der Waals surface area contributed by atoms with Crippen molar-refractivity contribution in [3.8, 4) is 0 Å². The summed E-state index contributed by atoms with van der Waals surface area (Å²) in [5, 5.41) is 31.8. The van der Waals surface area contributed by atoms with E-state index in [1.165, 1.54) is 0 Å². The van der Waals surface area contributed by atoms with Gasteiger partial charge in [0.1, 0.15) is 18.2 Å². The first kappa shape index (κ1) is 18.8. The topological polar surface area (TPSA) is 125 Å². The fraction of sp³-hybridized carbons (Fsp3) is 0.857. The van der Waals surface area contributed by atoms with Crippen LogP contribution in [0.4, 0.5) is 0 Å². The molecule has 0 saturated carbocycles. The zero-order chi connectivity index (χ0) is 16.7. The molecular weight excluding hydrogens is 294 g/mol. The number of carbonyl (C=O) groups excluding carboxylic acids is 2. The average molecular weight is 319 g/mol. The zero-order valence-electron chi connectivity index (χ0n) is 12.9. The molecule has 22 heavy (non-hydrogen) atoms. The first-order chi connectivity index (χ1) is 10.4. The third-order valence-corrected chi connectivity index (χ3v) is 3.40. The second kappa shape index (κ2) is 9.04. The van der Waals surface area contributed by atoms with Gasteiger partial charge >= 0.3 is 5.97 Å². The number of ether oxygens (including phenoxy) is 2. The number of esters is 1. The lowest BCUT2D eigenvalue weighted by Gasteiger charge is -2.42. The minimum atomic E-state index is -1.49. The lowest BCUT2D eigenvalue weighted by Crippen LogP contribution is -2.65. The Balaban J connectivity index is 2.86. The van der Waals surface area contributed by atoms with E-state index < -0.39 is 43.2 Å². The van der Waals surface area contributed by atoms with E-state index in [0.29, 0.717) is 12.8 Å². The van der Waals surface area contributed by atoms with Crippen molar-refractivity contribution in [2.24, 2.45) is 0 Å². The van der Waals surface area contributed by atoms with Gasteiger partial charge in [-0.15, -0.1) is 0 Å². The third-order valence-electron chi connectivity index (χ3n) is 3.40. The second-order valence-corrected chi connectivity index (χ2v) is 5.29. The largest absolute Gasteiger partial charge is 0.457 e. The molecule has 0 spiro atoms. The van der Waals surface area contributed by atoms with Crippen molar-refractivity contribution in [2.45, 2.75) is 70.2 Å². The Morgan fingerprint density at radius 2 is 1.82 bits per heavy atom. The lowest BCUT2D eigenvalue weighted by molar-refractivity contribution is -0.258. The predicted octanol–water partition coefficient (Wildman–Crippen LogP) is -0.946. The van der Waals surface area contributed by atoms with Gasteiger partial charge in [-0.05, 0) is 12.8 Å². The van der Waals surface area contributed by atoms with Crippen LogP contribution in [0.25, 0.3) is 0 Å². The Morgan fingerprint density at radius 1 is 1.18 bits per heavy atom. The Bertz CT molecular complexity index is 376. The summed E-state index contributed by atoms with van der Waals surface area (Å²) in [4.78, 5) is 23.4. The van der Waals surface area contributed by atoms with Crippen LogP contribution in [-0.2, 0) is 19.1 Å². The molecule has 0 aromatic carbocycles. The van der Waals surface area contributed by atoms with Crippen molar-refractivity contribution in [1.29, 1.82) is 0 Å². The smallest absolute Gasteiger partial charge is 0.306 e. The molecule has 0 aromatic rings. The quantitative estimate of drug-likeness (QED) is 0.446. The fourth-order valence-electron chi connectivity index (χ4n) is 2.28. The summed E-state index contributed by atoms with van der Waals surface area (Å²) in [7, 11) is 0. The Kier molecular flexibility index (Phi) is 7.74. The first-order valence-electron chi connectivity index (χ1n) is 7.55. The van der Waals surface area contributed by atoms with Crippen molar-refractivity contribution < 1.29 is 34.4 Å². The fourth-order valence-corrected chi connectivity index (χ4v) is 2.28. The molecule has 1 aliphatic heterocycles. The molecule has 5 atom stereocenters. The van der Waals surface area contributed by atoms with E-state index in [0.717, 1.165) is 0 Å². The Hall–Kier alpha value is -1.22. The van der Waals surface area contributed by atoms with Gasteiger partial charge in [0.2, 0.25) is 5.91 Å². The van der Waals surface area contributed by atoms with Gasteiger partial charge in [-0.1, -0.05) is 13.8 Å². The van der Waals surface area contributed by atoms with Crippen LogP contribution in [0.3, 0.4) is 0 Å². The number of carbonyl (C=O) groups is 2. The molecule has 1 aliphatic rings. The molecule has 4 N–H and O–H groups in total. The summed E-state index contributed by atoms with van der Waals surface area (Å²) in [6.07, 6.45) is -3.54. The van der Waals surface area contributed by atoms with Gasteiger partial charge in [0.15, 0.2) is 12.4 Å². The van der Waals surface area contributed by atoms with Gasteiger partial charge in [-0.3, -0.25) is 9.59 Å². The van der Waals surface area contributed by atoms with Crippen molar-refractivity contribution in [1.82, 2.24) is 5.32 Å². The second-order valence-electron chi connectivity index (χ2n) is 5.29. The molecule has 8 heteroatoms. The zero-order valence-corrected chi connectivity index (χ0v) is 12.9. The third kappa shape index (κ3) is 4.91. The standard InChI is InChI=1S/C14H25NO7/c1-3-5-9(17)15-11-13(22-10(18)6-4-2)12(19)8(7-16)21-14(11)20/h8,11-14,16,19-20H,3-7H2,1-2H3,(H,15,17)/t8-,11-,12-,13-,14?/m1/s1. The normalized spacial score (nSPS) is 31.6. The molecule has 0 aliphatic carbocycles. The van der Waals surface area contributed by atoms with Crippen molar-refractivity contribution in [3.63, 3.8) is 0 Å². The molecule has 8 nitrogen and oxygen atoms in total. The highest BCUT2D eigenvalue weighted by Crippen LogP contribution is 2.23. The first-order valence-corrected chi connectivity index (χ1v) is 7.55. The predicted molar refractivity (Wildman–Crippen MR) is 75.6 cm³/mol. The van der Waals surface area contributed by atoms with Crippen LogP contribution in [0.2, 0.25) is 0 Å². The van der Waals surface area contributed by atoms with Crippen molar-refractivity contribution >= 4 is 11.9 Å². The molecular formula is C14H25NO7. The monoisotopic (exact) mass is 319 g/mol. The summed E-state index contributed by atoms with van der Waals surface area (Å²) in [6.45, 7) is 3.08. The summed E-state index contributed by atoms with van der Waals surface area (Å²) < 4.78 is 10.2. The summed E-state index contributed by atoms with van der Waals surface area (Å²) in [5.74, 6) is -0.895. The maximum absolute atomic E-state index is 11.7. The highest BCUT2D eigenvalue weighted by atomic mass is 16.6. The van der Waals surface area contributed by atoms with Crippen LogP contribution in [-0.4, -0.2) is 64.4 Å². The minimum absolute atomic E-state index is 0.152. The molecule has 1 amide bonds. The molecule has 1 fully saturated rings. The Morgan fingerprint density at radius 3 is 2.36 bits per heavy atom. The molecule has 128 valence electrons. The van der Waals surface area contributed by atoms with Crippen LogP contribution in [0.15, 0.2) is 0 Å². The lowest BCUT2D eigenvalue weighted by atomic mass is 9.96. The van der Waals surface area contributed by atoms with E-state index in [9.17, 15) is 19.8 Å². The number of hydrogen-bond donors (Lipinski definition) is 4. The number of aliphatic hydroxyl groups is 3. The van der Waals surface area contributed by atoms with E-state index in [-0.39, 0.29) is 18.7 Å². The molecule has 0 aromatic heterocycles. The molecule has 1 saturated heterocycles. The molecule has 1 unspecified atom stereocenters. The van der Waals surface area contributed by atoms with E-state index in [4.69, 9.17) is 14.6 Å². The van der Waals surface area contributed by atoms with E-state index in [2.05, 4.69) is 5.32 Å². The number of hydrogen-bond acceptors (Lipinski definition) is 7. The summed E-state index contributed by atoms with van der Waals surface area (Å²) >= 11 is 0. The highest BCUT2D eigenvalue weighted by molar-refractivity contribution is 5.76. The number of rotatable bonds is 7. The Labute approximate surface area is 129 Å². The molecule has 0 bridgehead atoms. The summed E-state index contributed by atoms with van der Waals surface area (Å²) in [6, 6.07) is -1.09. The van der Waals surface area contributed by atoms with Gasteiger partial charge in [0.05, 0.1) is 6.61 Å². The maximum Gasteiger partial charge on any atom is 0.306 e. The number of nitrogens with one attached hydrogen (secondary N) is 1.